The molecule has 33 heavy (non-hydrogen) atoms. The third-order valence-corrected chi connectivity index (χ3v) is 6.76. The molecule has 0 unspecified atom stereocenters. The summed E-state index contributed by atoms with van der Waals surface area (Å²) >= 11 is 1.32. The van der Waals surface area contributed by atoms with Gasteiger partial charge in [-0.3, -0.25) is 9.59 Å². The van der Waals surface area contributed by atoms with E-state index in [-0.39, 0.29) is 5.57 Å². The third kappa shape index (κ3) is 5.34. The zero-order valence-corrected chi connectivity index (χ0v) is 20.1. The number of hydrogen-bond donors (Lipinski definition) is 2. The van der Waals surface area contributed by atoms with E-state index >= 15 is 0 Å². The number of hydrogen-bond acceptors (Lipinski definition) is 6. The van der Waals surface area contributed by atoms with Crippen molar-refractivity contribution in [1.82, 2.24) is 4.57 Å². The monoisotopic (exact) mass is 468 g/mol. The number of rotatable bonds is 8. The molecule has 0 aliphatic heterocycles. The van der Waals surface area contributed by atoms with Gasteiger partial charge in [-0.25, -0.2) is 4.79 Å². The number of ether oxygens (including phenoxy) is 1. The number of aryl methyl sites for hydroxylation is 2. The molecule has 2 heterocycles. The molecule has 0 fully saturated rings. The van der Waals surface area contributed by atoms with Crippen LogP contribution >= 0.6 is 11.3 Å². The van der Waals surface area contributed by atoms with Gasteiger partial charge in [-0.2, -0.15) is 5.26 Å². The second kappa shape index (κ2) is 10.0. The Labute approximate surface area is 197 Å². The number of fused-ring (bicyclic) bond motifs is 1. The lowest BCUT2D eigenvalue weighted by atomic mass is 10.1. The highest BCUT2D eigenvalue weighted by molar-refractivity contribution is 7.17. The summed E-state index contributed by atoms with van der Waals surface area (Å²) in [6.45, 7) is 8.40. The fourth-order valence-corrected chi connectivity index (χ4v) is 5.35. The molecular formula is C24H28N4O4S. The first-order chi connectivity index (χ1) is 15.6. The third-order valence-electron chi connectivity index (χ3n) is 5.56. The maximum atomic E-state index is 12.4. The Morgan fingerprint density at radius 3 is 2.70 bits per heavy atom. The van der Waals surface area contributed by atoms with Crippen molar-refractivity contribution in [2.45, 2.75) is 53.5 Å². The predicted octanol–water partition coefficient (Wildman–Crippen LogP) is 3.50. The van der Waals surface area contributed by atoms with E-state index < -0.39 is 24.4 Å². The van der Waals surface area contributed by atoms with Crippen LogP contribution in [-0.2, 0) is 33.7 Å². The van der Waals surface area contributed by atoms with Crippen LogP contribution in [0.15, 0.2) is 11.6 Å². The van der Waals surface area contributed by atoms with E-state index in [2.05, 4.69) is 23.7 Å². The summed E-state index contributed by atoms with van der Waals surface area (Å²) in [5.74, 6) is -1.63. The van der Waals surface area contributed by atoms with Gasteiger partial charge < -0.3 is 20.4 Å². The zero-order chi connectivity index (χ0) is 24.3. The van der Waals surface area contributed by atoms with Gasteiger partial charge in [-0.1, -0.05) is 13.8 Å². The van der Waals surface area contributed by atoms with Crippen LogP contribution in [0.4, 0.5) is 5.00 Å². The smallest absolute Gasteiger partial charge is 0.349 e. The van der Waals surface area contributed by atoms with E-state index in [9.17, 15) is 19.6 Å². The number of thiophene rings is 1. The van der Waals surface area contributed by atoms with Crippen molar-refractivity contribution in [3.63, 3.8) is 0 Å². The minimum absolute atomic E-state index is 0.194. The minimum Gasteiger partial charge on any atom is -0.451 e. The van der Waals surface area contributed by atoms with Crippen molar-refractivity contribution in [3.8, 4) is 6.07 Å². The molecule has 0 saturated heterocycles. The molecule has 0 bridgehead atoms. The summed E-state index contributed by atoms with van der Waals surface area (Å²) in [4.78, 5) is 37.7. The van der Waals surface area contributed by atoms with Crippen LogP contribution in [0.5, 0.6) is 0 Å². The number of aromatic nitrogens is 1. The first-order valence-electron chi connectivity index (χ1n) is 10.8. The number of nitrogens with two attached hydrogens (primary N) is 1. The molecule has 9 heteroatoms. The van der Waals surface area contributed by atoms with Gasteiger partial charge in [0.1, 0.15) is 16.6 Å². The Morgan fingerprint density at radius 1 is 1.33 bits per heavy atom. The molecule has 0 saturated carbocycles. The van der Waals surface area contributed by atoms with Crippen molar-refractivity contribution in [2.24, 2.45) is 11.7 Å². The molecule has 2 aromatic rings. The van der Waals surface area contributed by atoms with E-state index in [1.807, 2.05) is 26.0 Å². The highest BCUT2D eigenvalue weighted by atomic mass is 32.1. The number of anilines is 1. The molecular weight excluding hydrogens is 440 g/mol. The van der Waals surface area contributed by atoms with Crippen LogP contribution in [0.1, 0.15) is 58.0 Å². The van der Waals surface area contributed by atoms with Gasteiger partial charge in [0.15, 0.2) is 6.61 Å². The van der Waals surface area contributed by atoms with E-state index in [0.717, 1.165) is 53.2 Å². The van der Waals surface area contributed by atoms with Crippen molar-refractivity contribution in [2.75, 3.05) is 11.9 Å². The van der Waals surface area contributed by atoms with Crippen LogP contribution in [0.25, 0.3) is 6.08 Å². The SMILES string of the molecule is Cc1cc(C=C(C#N)C(=O)OCC(=O)Nc2sc3c(c2C(N)=O)CCC3)c(C)n1CC(C)C. The molecule has 2 aromatic heterocycles. The molecule has 8 nitrogen and oxygen atoms in total. The fourth-order valence-electron chi connectivity index (χ4n) is 4.04. The molecule has 0 atom stereocenters. The summed E-state index contributed by atoms with van der Waals surface area (Å²) in [6, 6.07) is 3.77. The Hall–Kier alpha value is -3.38. The first-order valence-corrected chi connectivity index (χ1v) is 11.6. The van der Waals surface area contributed by atoms with Gasteiger partial charge in [-0.15, -0.1) is 11.3 Å². The van der Waals surface area contributed by atoms with Crippen molar-refractivity contribution in [1.29, 1.82) is 5.26 Å². The topological polar surface area (TPSA) is 127 Å². The van der Waals surface area contributed by atoms with Gasteiger partial charge in [0.2, 0.25) is 0 Å². The molecule has 174 valence electrons. The van der Waals surface area contributed by atoms with Gasteiger partial charge >= 0.3 is 5.97 Å². The molecule has 0 aromatic carbocycles. The van der Waals surface area contributed by atoms with Crippen LogP contribution in [0.2, 0.25) is 0 Å². The molecule has 3 N–H and O–H groups in total. The number of esters is 1. The van der Waals surface area contributed by atoms with Gasteiger partial charge in [0, 0.05) is 22.8 Å². The normalized spacial score (nSPS) is 13.0. The Morgan fingerprint density at radius 2 is 2.06 bits per heavy atom. The average molecular weight is 469 g/mol. The number of primary amides is 1. The minimum atomic E-state index is -0.884. The van der Waals surface area contributed by atoms with E-state index in [0.29, 0.717) is 16.5 Å². The molecule has 2 amide bonds. The van der Waals surface area contributed by atoms with Crippen LogP contribution < -0.4 is 11.1 Å². The number of nitrogens with zero attached hydrogens (tertiary/aromatic N) is 2. The first kappa shape index (κ1) is 24.3. The predicted molar refractivity (Wildman–Crippen MR) is 127 cm³/mol. The second-order valence-electron chi connectivity index (χ2n) is 8.55. The zero-order valence-electron chi connectivity index (χ0n) is 19.3. The second-order valence-corrected chi connectivity index (χ2v) is 9.66. The number of carbonyl (C=O) groups is 3. The summed E-state index contributed by atoms with van der Waals surface area (Å²) in [5.41, 5.74) is 9.27. The number of nitrogens with one attached hydrogen (secondary N) is 1. The molecule has 1 aliphatic rings. The summed E-state index contributed by atoms with van der Waals surface area (Å²) in [5, 5.41) is 12.5. The summed E-state index contributed by atoms with van der Waals surface area (Å²) in [7, 11) is 0. The molecule has 3 rings (SSSR count). The maximum absolute atomic E-state index is 12.4. The maximum Gasteiger partial charge on any atom is 0.349 e. The largest absolute Gasteiger partial charge is 0.451 e. The quantitative estimate of drug-likeness (QED) is 0.348. The molecule has 1 aliphatic carbocycles. The Kier molecular flexibility index (Phi) is 7.39. The van der Waals surface area contributed by atoms with E-state index in [4.69, 9.17) is 10.5 Å². The molecule has 0 spiro atoms. The van der Waals surface area contributed by atoms with Crippen LogP contribution in [0, 0.1) is 31.1 Å². The van der Waals surface area contributed by atoms with Crippen LogP contribution in [-0.4, -0.2) is 29.0 Å². The summed E-state index contributed by atoms with van der Waals surface area (Å²) in [6.07, 6.45) is 4.03. The Bertz CT molecular complexity index is 1180. The van der Waals surface area contributed by atoms with Crippen molar-refractivity contribution < 1.29 is 19.1 Å². The fraction of sp³-hybridized carbons (Fsp3) is 0.417. The highest BCUT2D eigenvalue weighted by Crippen LogP contribution is 2.38. The standard InChI is InChI=1S/C24H28N4O4S/c1-13(2)11-28-14(3)8-16(15(28)4)9-17(10-25)24(31)32-12-20(29)27-23-21(22(26)30)18-6-5-7-19(18)33-23/h8-9,13H,5-7,11-12H2,1-4H3,(H2,26,30)(H,27,29). The van der Waals surface area contributed by atoms with Gasteiger partial charge in [0.25, 0.3) is 11.8 Å². The lowest BCUT2D eigenvalue weighted by molar-refractivity contribution is -0.142. The average Bonchev–Trinajstić information content (AvgIpc) is 3.39. The lowest BCUT2D eigenvalue weighted by Gasteiger charge is -2.12. The number of nitriles is 1. The van der Waals surface area contributed by atoms with Crippen molar-refractivity contribution in [3.05, 3.63) is 44.6 Å². The number of amides is 2. The van der Waals surface area contributed by atoms with Gasteiger partial charge in [0.05, 0.1) is 5.56 Å². The van der Waals surface area contributed by atoms with Crippen LogP contribution in [0.3, 0.4) is 0 Å². The van der Waals surface area contributed by atoms with Gasteiger partial charge in [-0.05, 0) is 62.3 Å². The number of carbonyl (C=O) groups excluding carboxylic acids is 3. The Balaban J connectivity index is 1.67. The highest BCUT2D eigenvalue weighted by Gasteiger charge is 2.26. The summed E-state index contributed by atoms with van der Waals surface area (Å²) < 4.78 is 7.20. The van der Waals surface area contributed by atoms with Crippen molar-refractivity contribution >= 4 is 40.2 Å². The molecule has 0 radical (unpaired) electrons. The van der Waals surface area contributed by atoms with E-state index in [1.165, 1.54) is 17.4 Å². The van der Waals surface area contributed by atoms with E-state index in [1.54, 1.807) is 0 Å². The lowest BCUT2D eigenvalue weighted by Crippen LogP contribution is -2.23.